The summed E-state index contributed by atoms with van der Waals surface area (Å²) in [6, 6.07) is 14.4. The van der Waals surface area contributed by atoms with Gasteiger partial charge in [0.1, 0.15) is 5.82 Å². The summed E-state index contributed by atoms with van der Waals surface area (Å²) in [5, 5.41) is 18.7. The summed E-state index contributed by atoms with van der Waals surface area (Å²) in [6.07, 6.45) is 0.881. The lowest BCUT2D eigenvalue weighted by atomic mass is 9.92. The van der Waals surface area contributed by atoms with Crippen LogP contribution in [0.1, 0.15) is 28.3 Å². The second kappa shape index (κ2) is 6.27. The Hall–Kier alpha value is -2.22. The van der Waals surface area contributed by atoms with Crippen LogP contribution >= 0.6 is 0 Å². The molecule has 22 heavy (non-hydrogen) atoms. The SMILES string of the molecule is N#Cc1ccc(F)c(CN2CCc3ccccc3C2CO)c1. The van der Waals surface area contributed by atoms with Crippen LogP contribution in [0.3, 0.4) is 0 Å². The first-order valence-electron chi connectivity index (χ1n) is 7.34. The van der Waals surface area contributed by atoms with Gasteiger partial charge in [0, 0.05) is 18.7 Å². The van der Waals surface area contributed by atoms with Gasteiger partial charge < -0.3 is 5.11 Å². The first kappa shape index (κ1) is 14.7. The number of nitriles is 1. The summed E-state index contributed by atoms with van der Waals surface area (Å²) >= 11 is 0. The van der Waals surface area contributed by atoms with Crippen LogP contribution in [0.25, 0.3) is 0 Å². The summed E-state index contributed by atoms with van der Waals surface area (Å²) in [6.45, 7) is 1.15. The molecule has 0 saturated heterocycles. The molecule has 0 amide bonds. The Kier molecular flexibility index (Phi) is 4.19. The first-order valence-corrected chi connectivity index (χ1v) is 7.34. The Labute approximate surface area is 129 Å². The molecule has 1 aliphatic rings. The summed E-state index contributed by atoms with van der Waals surface area (Å²) in [4.78, 5) is 2.07. The normalized spacial score (nSPS) is 17.8. The molecule has 1 atom stereocenters. The molecular weight excluding hydrogens is 279 g/mol. The van der Waals surface area contributed by atoms with Gasteiger partial charge in [-0.25, -0.2) is 4.39 Å². The summed E-state index contributed by atoms with van der Waals surface area (Å²) in [5.74, 6) is -0.311. The quantitative estimate of drug-likeness (QED) is 0.947. The zero-order valence-corrected chi connectivity index (χ0v) is 12.2. The number of hydrogen-bond donors (Lipinski definition) is 1. The maximum Gasteiger partial charge on any atom is 0.127 e. The third-order valence-electron chi connectivity index (χ3n) is 4.24. The van der Waals surface area contributed by atoms with Gasteiger partial charge >= 0.3 is 0 Å². The van der Waals surface area contributed by atoms with Crippen molar-refractivity contribution >= 4 is 0 Å². The van der Waals surface area contributed by atoms with E-state index in [1.807, 2.05) is 24.3 Å². The summed E-state index contributed by atoms with van der Waals surface area (Å²) in [5.41, 5.74) is 3.29. The molecule has 2 aromatic carbocycles. The molecule has 0 spiro atoms. The van der Waals surface area contributed by atoms with Crippen LogP contribution < -0.4 is 0 Å². The average Bonchev–Trinajstić information content (AvgIpc) is 2.56. The summed E-state index contributed by atoms with van der Waals surface area (Å²) in [7, 11) is 0. The van der Waals surface area contributed by atoms with E-state index in [1.54, 1.807) is 6.07 Å². The van der Waals surface area contributed by atoms with Gasteiger partial charge in [-0.2, -0.15) is 5.26 Å². The molecule has 0 aromatic heterocycles. The molecule has 0 fully saturated rings. The number of fused-ring (bicyclic) bond motifs is 1. The standard InChI is InChI=1S/C18H17FN2O/c19-17-6-5-13(10-20)9-15(17)11-21-8-7-14-3-1-2-4-16(14)18(21)12-22/h1-6,9,18,22H,7-8,11-12H2. The maximum atomic E-state index is 14.0. The molecule has 112 valence electrons. The second-order valence-corrected chi connectivity index (χ2v) is 5.54. The molecule has 1 unspecified atom stereocenters. The highest BCUT2D eigenvalue weighted by Gasteiger charge is 2.27. The number of aliphatic hydroxyl groups excluding tert-OH is 1. The largest absolute Gasteiger partial charge is 0.394 e. The lowest BCUT2D eigenvalue weighted by molar-refractivity contribution is 0.107. The van der Waals surface area contributed by atoms with E-state index < -0.39 is 0 Å². The van der Waals surface area contributed by atoms with Gasteiger partial charge in [0.15, 0.2) is 0 Å². The minimum atomic E-state index is -0.311. The van der Waals surface area contributed by atoms with Crippen molar-refractivity contribution in [3.63, 3.8) is 0 Å². The van der Waals surface area contributed by atoms with E-state index in [-0.39, 0.29) is 18.5 Å². The van der Waals surface area contributed by atoms with E-state index in [1.165, 1.54) is 17.7 Å². The fraction of sp³-hybridized carbons (Fsp3) is 0.278. The highest BCUT2D eigenvalue weighted by molar-refractivity contribution is 5.35. The van der Waals surface area contributed by atoms with Crippen molar-refractivity contribution in [3.05, 3.63) is 70.5 Å². The van der Waals surface area contributed by atoms with Crippen molar-refractivity contribution < 1.29 is 9.50 Å². The van der Waals surface area contributed by atoms with Crippen LogP contribution in [0.5, 0.6) is 0 Å². The number of halogens is 1. The zero-order valence-electron chi connectivity index (χ0n) is 12.2. The molecule has 0 bridgehead atoms. The van der Waals surface area contributed by atoms with E-state index in [9.17, 15) is 9.50 Å². The third kappa shape index (κ3) is 2.74. The van der Waals surface area contributed by atoms with Gasteiger partial charge in [-0.15, -0.1) is 0 Å². The Morgan fingerprint density at radius 1 is 1.27 bits per heavy atom. The minimum absolute atomic E-state index is 0.00340. The summed E-state index contributed by atoms with van der Waals surface area (Å²) < 4.78 is 14.0. The van der Waals surface area contributed by atoms with Crippen molar-refractivity contribution in [2.75, 3.05) is 13.2 Å². The van der Waals surface area contributed by atoms with Gasteiger partial charge in [-0.3, -0.25) is 4.90 Å². The molecule has 4 heteroatoms. The Bertz CT molecular complexity index is 723. The van der Waals surface area contributed by atoms with Crippen LogP contribution in [0.4, 0.5) is 4.39 Å². The van der Waals surface area contributed by atoms with Crippen LogP contribution in [0.15, 0.2) is 42.5 Å². The number of rotatable bonds is 3. The zero-order chi connectivity index (χ0) is 15.5. The first-order chi connectivity index (χ1) is 10.7. The van der Waals surface area contributed by atoms with E-state index >= 15 is 0 Å². The van der Waals surface area contributed by atoms with E-state index in [0.29, 0.717) is 17.7 Å². The predicted octanol–water partition coefficient (Wildman–Crippen LogP) is 2.79. The fourth-order valence-electron chi connectivity index (χ4n) is 3.09. The average molecular weight is 296 g/mol. The number of hydrogen-bond acceptors (Lipinski definition) is 3. The number of aliphatic hydroxyl groups is 1. The van der Waals surface area contributed by atoms with Crippen molar-refractivity contribution in [2.45, 2.75) is 19.0 Å². The third-order valence-corrected chi connectivity index (χ3v) is 4.24. The van der Waals surface area contributed by atoms with Crippen LogP contribution in [0, 0.1) is 17.1 Å². The van der Waals surface area contributed by atoms with Crippen molar-refractivity contribution in [3.8, 4) is 6.07 Å². The molecule has 0 radical (unpaired) electrons. The lowest BCUT2D eigenvalue weighted by Gasteiger charge is -2.36. The van der Waals surface area contributed by atoms with Gasteiger partial charge in [-0.05, 0) is 35.7 Å². The Balaban J connectivity index is 1.89. The Morgan fingerprint density at radius 2 is 2.09 bits per heavy atom. The lowest BCUT2D eigenvalue weighted by Crippen LogP contribution is -2.37. The fourth-order valence-corrected chi connectivity index (χ4v) is 3.09. The van der Waals surface area contributed by atoms with Crippen molar-refractivity contribution in [1.82, 2.24) is 4.90 Å². The topological polar surface area (TPSA) is 47.3 Å². The predicted molar refractivity (Wildman–Crippen MR) is 81.5 cm³/mol. The molecule has 3 rings (SSSR count). The molecular formula is C18H17FN2O. The van der Waals surface area contributed by atoms with E-state index in [4.69, 9.17) is 5.26 Å². The number of benzene rings is 2. The number of nitrogens with zero attached hydrogens (tertiary/aromatic N) is 2. The van der Waals surface area contributed by atoms with E-state index in [0.717, 1.165) is 18.5 Å². The monoisotopic (exact) mass is 296 g/mol. The van der Waals surface area contributed by atoms with Gasteiger partial charge in [0.2, 0.25) is 0 Å². The second-order valence-electron chi connectivity index (χ2n) is 5.54. The Morgan fingerprint density at radius 3 is 2.86 bits per heavy atom. The van der Waals surface area contributed by atoms with Crippen molar-refractivity contribution in [2.24, 2.45) is 0 Å². The minimum Gasteiger partial charge on any atom is -0.394 e. The highest BCUT2D eigenvalue weighted by Crippen LogP contribution is 2.30. The molecule has 2 aromatic rings. The molecule has 0 aliphatic carbocycles. The molecule has 0 saturated carbocycles. The van der Waals surface area contributed by atoms with Crippen molar-refractivity contribution in [1.29, 1.82) is 5.26 Å². The van der Waals surface area contributed by atoms with Crippen LogP contribution in [0.2, 0.25) is 0 Å². The molecule has 1 aliphatic heterocycles. The van der Waals surface area contributed by atoms with Crippen LogP contribution in [-0.2, 0) is 13.0 Å². The van der Waals surface area contributed by atoms with Crippen LogP contribution in [-0.4, -0.2) is 23.2 Å². The molecule has 1 N–H and O–H groups in total. The molecule has 1 heterocycles. The van der Waals surface area contributed by atoms with Gasteiger partial charge in [0.05, 0.1) is 24.3 Å². The van der Waals surface area contributed by atoms with E-state index in [2.05, 4.69) is 11.0 Å². The smallest absolute Gasteiger partial charge is 0.127 e. The highest BCUT2D eigenvalue weighted by atomic mass is 19.1. The van der Waals surface area contributed by atoms with Gasteiger partial charge in [0.25, 0.3) is 0 Å². The molecule has 3 nitrogen and oxygen atoms in total. The van der Waals surface area contributed by atoms with Gasteiger partial charge in [-0.1, -0.05) is 24.3 Å². The maximum absolute atomic E-state index is 14.0.